The summed E-state index contributed by atoms with van der Waals surface area (Å²) in [5.41, 5.74) is 6.28. The molecule has 0 aromatic heterocycles. The minimum absolute atomic E-state index is 0.0717. The maximum absolute atomic E-state index is 5.91. The van der Waals surface area contributed by atoms with Crippen molar-refractivity contribution >= 4 is 0 Å². The Labute approximate surface area is 75.9 Å². The van der Waals surface area contributed by atoms with Gasteiger partial charge in [0.2, 0.25) is 0 Å². The summed E-state index contributed by atoms with van der Waals surface area (Å²) < 4.78 is 0. The van der Waals surface area contributed by atoms with Crippen molar-refractivity contribution in [2.45, 2.75) is 57.5 Å². The fourth-order valence-electron chi connectivity index (χ4n) is 1.67. The molecule has 0 aromatic rings. The molecule has 0 amide bonds. The van der Waals surface area contributed by atoms with Crippen LogP contribution in [0.4, 0.5) is 0 Å². The van der Waals surface area contributed by atoms with Gasteiger partial charge >= 0.3 is 0 Å². The van der Waals surface area contributed by atoms with Crippen LogP contribution in [-0.2, 0) is 0 Å². The van der Waals surface area contributed by atoms with E-state index < -0.39 is 0 Å². The molecule has 1 rings (SSSR count). The Balaban J connectivity index is 2.30. The van der Waals surface area contributed by atoms with E-state index in [0.29, 0.717) is 5.54 Å². The molecular weight excluding hydrogens is 148 g/mol. The highest BCUT2D eigenvalue weighted by molar-refractivity contribution is 4.96. The highest BCUT2D eigenvalue weighted by atomic mass is 15.0. The molecule has 0 aromatic carbocycles. The van der Waals surface area contributed by atoms with Crippen LogP contribution in [0, 0.1) is 0 Å². The van der Waals surface area contributed by atoms with Crippen LogP contribution in [-0.4, -0.2) is 17.6 Å². The van der Waals surface area contributed by atoms with E-state index >= 15 is 0 Å². The van der Waals surface area contributed by atoms with Gasteiger partial charge in [0.15, 0.2) is 0 Å². The predicted octanol–water partition coefficient (Wildman–Crippen LogP) is 1.65. The van der Waals surface area contributed by atoms with Crippen LogP contribution in [0.15, 0.2) is 0 Å². The van der Waals surface area contributed by atoms with Crippen molar-refractivity contribution in [1.29, 1.82) is 0 Å². The standard InChI is InChI=1S/C10H22N2/c1-4-10(6-5-7-10)12-8-9(2,3)11/h12H,4-8,11H2,1-3H3. The van der Waals surface area contributed by atoms with E-state index in [4.69, 9.17) is 5.73 Å². The van der Waals surface area contributed by atoms with Crippen molar-refractivity contribution in [2.75, 3.05) is 6.54 Å². The van der Waals surface area contributed by atoms with E-state index in [1.54, 1.807) is 0 Å². The molecule has 2 nitrogen and oxygen atoms in total. The Kier molecular flexibility index (Phi) is 2.79. The molecule has 2 heteroatoms. The van der Waals surface area contributed by atoms with Gasteiger partial charge in [-0.1, -0.05) is 6.92 Å². The Hall–Kier alpha value is -0.0800. The van der Waals surface area contributed by atoms with Gasteiger partial charge in [0.25, 0.3) is 0 Å². The van der Waals surface area contributed by atoms with Crippen molar-refractivity contribution < 1.29 is 0 Å². The molecule has 0 atom stereocenters. The van der Waals surface area contributed by atoms with Crippen molar-refractivity contribution in [3.63, 3.8) is 0 Å². The van der Waals surface area contributed by atoms with Crippen molar-refractivity contribution in [3.8, 4) is 0 Å². The average Bonchev–Trinajstić information content (AvgIpc) is 1.84. The first-order chi connectivity index (χ1) is 5.47. The van der Waals surface area contributed by atoms with Gasteiger partial charge in [0.1, 0.15) is 0 Å². The van der Waals surface area contributed by atoms with Gasteiger partial charge in [-0.3, -0.25) is 0 Å². The van der Waals surface area contributed by atoms with Gasteiger partial charge in [-0.25, -0.2) is 0 Å². The monoisotopic (exact) mass is 170 g/mol. The van der Waals surface area contributed by atoms with Crippen molar-refractivity contribution in [1.82, 2.24) is 5.32 Å². The maximum atomic E-state index is 5.91. The summed E-state index contributed by atoms with van der Waals surface area (Å²) in [4.78, 5) is 0. The van der Waals surface area contributed by atoms with Crippen LogP contribution in [0.1, 0.15) is 46.5 Å². The summed E-state index contributed by atoms with van der Waals surface area (Å²) >= 11 is 0. The number of hydrogen-bond acceptors (Lipinski definition) is 2. The molecule has 1 aliphatic carbocycles. The predicted molar refractivity (Wildman–Crippen MR) is 53.1 cm³/mol. The Morgan fingerprint density at radius 3 is 2.25 bits per heavy atom. The molecule has 0 saturated heterocycles. The van der Waals surface area contributed by atoms with Crippen LogP contribution >= 0.6 is 0 Å². The minimum atomic E-state index is -0.0717. The summed E-state index contributed by atoms with van der Waals surface area (Å²) in [6.07, 6.45) is 5.29. The fourth-order valence-corrected chi connectivity index (χ4v) is 1.67. The zero-order chi connectivity index (χ0) is 9.24. The first-order valence-electron chi connectivity index (χ1n) is 5.01. The summed E-state index contributed by atoms with van der Waals surface area (Å²) in [5.74, 6) is 0. The van der Waals surface area contributed by atoms with Gasteiger partial charge in [-0.2, -0.15) is 0 Å². The maximum Gasteiger partial charge on any atom is 0.0223 e. The summed E-state index contributed by atoms with van der Waals surface area (Å²) in [7, 11) is 0. The van der Waals surface area contributed by atoms with E-state index in [1.165, 1.54) is 25.7 Å². The lowest BCUT2D eigenvalue weighted by molar-refractivity contribution is 0.167. The first-order valence-corrected chi connectivity index (χ1v) is 5.01. The molecule has 1 fully saturated rings. The lowest BCUT2D eigenvalue weighted by Crippen LogP contribution is -2.56. The molecule has 0 aliphatic heterocycles. The van der Waals surface area contributed by atoms with E-state index in [2.05, 4.69) is 26.1 Å². The SMILES string of the molecule is CCC1(NCC(C)(C)N)CCC1. The van der Waals surface area contributed by atoms with Gasteiger partial charge in [0.05, 0.1) is 0 Å². The molecule has 1 aliphatic rings. The zero-order valence-electron chi connectivity index (χ0n) is 8.61. The molecule has 1 saturated carbocycles. The van der Waals surface area contributed by atoms with Gasteiger partial charge in [-0.15, -0.1) is 0 Å². The fraction of sp³-hybridized carbons (Fsp3) is 1.00. The number of rotatable bonds is 4. The minimum Gasteiger partial charge on any atom is -0.324 e. The summed E-state index contributed by atoms with van der Waals surface area (Å²) in [6, 6.07) is 0. The molecular formula is C10H22N2. The molecule has 3 N–H and O–H groups in total. The van der Waals surface area contributed by atoms with Crippen LogP contribution in [0.3, 0.4) is 0 Å². The molecule has 0 heterocycles. The molecule has 0 unspecified atom stereocenters. The van der Waals surface area contributed by atoms with E-state index in [-0.39, 0.29) is 5.54 Å². The number of nitrogens with one attached hydrogen (secondary N) is 1. The largest absolute Gasteiger partial charge is 0.324 e. The lowest BCUT2D eigenvalue weighted by Gasteiger charge is -2.44. The van der Waals surface area contributed by atoms with E-state index in [9.17, 15) is 0 Å². The van der Waals surface area contributed by atoms with Crippen LogP contribution in [0.2, 0.25) is 0 Å². The highest BCUT2D eigenvalue weighted by Gasteiger charge is 2.35. The molecule has 0 spiro atoms. The van der Waals surface area contributed by atoms with E-state index in [0.717, 1.165) is 6.54 Å². The lowest BCUT2D eigenvalue weighted by atomic mass is 9.74. The molecule has 0 bridgehead atoms. The van der Waals surface area contributed by atoms with Crippen LogP contribution < -0.4 is 11.1 Å². The summed E-state index contributed by atoms with van der Waals surface area (Å²) in [6.45, 7) is 7.33. The zero-order valence-corrected chi connectivity index (χ0v) is 8.61. The third-order valence-electron chi connectivity index (χ3n) is 2.91. The second-order valence-corrected chi connectivity index (χ2v) is 4.83. The quantitative estimate of drug-likeness (QED) is 0.673. The third kappa shape index (κ3) is 2.46. The first kappa shape index (κ1) is 10.0. The third-order valence-corrected chi connectivity index (χ3v) is 2.91. The highest BCUT2D eigenvalue weighted by Crippen LogP contribution is 2.34. The number of hydrogen-bond donors (Lipinski definition) is 2. The van der Waals surface area contributed by atoms with Crippen molar-refractivity contribution in [3.05, 3.63) is 0 Å². The van der Waals surface area contributed by atoms with Gasteiger partial charge in [-0.05, 0) is 39.5 Å². The molecule has 72 valence electrons. The molecule has 12 heavy (non-hydrogen) atoms. The van der Waals surface area contributed by atoms with Crippen molar-refractivity contribution in [2.24, 2.45) is 5.73 Å². The normalized spacial score (nSPS) is 22.0. The van der Waals surface area contributed by atoms with Gasteiger partial charge in [0, 0.05) is 17.6 Å². The second-order valence-electron chi connectivity index (χ2n) is 4.83. The van der Waals surface area contributed by atoms with Crippen LogP contribution in [0.25, 0.3) is 0 Å². The van der Waals surface area contributed by atoms with Gasteiger partial charge < -0.3 is 11.1 Å². The average molecular weight is 170 g/mol. The Morgan fingerprint density at radius 2 is 2.00 bits per heavy atom. The second kappa shape index (κ2) is 3.35. The summed E-state index contributed by atoms with van der Waals surface area (Å²) in [5, 5.41) is 3.60. The smallest absolute Gasteiger partial charge is 0.0223 e. The topological polar surface area (TPSA) is 38.0 Å². The van der Waals surface area contributed by atoms with E-state index in [1.807, 2.05) is 0 Å². The Morgan fingerprint density at radius 1 is 1.42 bits per heavy atom. The Bertz CT molecular complexity index is 137. The molecule has 0 radical (unpaired) electrons. The number of nitrogens with two attached hydrogens (primary N) is 1. The van der Waals surface area contributed by atoms with Crippen LogP contribution in [0.5, 0.6) is 0 Å².